The first-order valence-corrected chi connectivity index (χ1v) is 10.0. The Morgan fingerprint density at radius 2 is 1.86 bits per heavy atom. The van der Waals surface area contributed by atoms with Crippen LogP contribution < -0.4 is 0 Å². The fourth-order valence-electron chi connectivity index (χ4n) is 1.82. The second kappa shape index (κ2) is 6.16. The predicted molar refractivity (Wildman–Crippen MR) is 83.3 cm³/mol. The molecule has 6 nitrogen and oxygen atoms in total. The summed E-state index contributed by atoms with van der Waals surface area (Å²) in [7, 11) is -3.39. The highest BCUT2D eigenvalue weighted by Crippen LogP contribution is 2.47. The average Bonchev–Trinajstić information content (AvgIpc) is 2.91. The van der Waals surface area contributed by atoms with Crippen molar-refractivity contribution in [3.63, 3.8) is 0 Å². The fraction of sp³-hybridized carbons (Fsp3) is 0.333. The predicted octanol–water partition coefficient (Wildman–Crippen LogP) is 2.97. The third-order valence-electron chi connectivity index (χ3n) is 3.05. The molecule has 116 valence electrons. The van der Waals surface area contributed by atoms with Crippen molar-refractivity contribution < 1.29 is 22.0 Å². The molecule has 0 N–H and O–H groups in total. The second-order valence-electron chi connectivity index (χ2n) is 4.33. The SMILES string of the molecule is COP(=O)(CN(C)S(=O)(=O)c1scc2ccccc12)OC. The highest BCUT2D eigenvalue weighted by molar-refractivity contribution is 7.91. The van der Waals surface area contributed by atoms with Gasteiger partial charge in [0.1, 0.15) is 10.5 Å². The van der Waals surface area contributed by atoms with Crippen molar-refractivity contribution in [3.8, 4) is 0 Å². The number of rotatable bonds is 6. The van der Waals surface area contributed by atoms with Gasteiger partial charge in [0.25, 0.3) is 10.0 Å². The summed E-state index contributed by atoms with van der Waals surface area (Å²) in [6.07, 6.45) is -0.339. The number of fused-ring (bicyclic) bond motifs is 1. The Morgan fingerprint density at radius 1 is 1.24 bits per heavy atom. The van der Waals surface area contributed by atoms with Crippen LogP contribution in [0.4, 0.5) is 0 Å². The van der Waals surface area contributed by atoms with Gasteiger partial charge in [0, 0.05) is 26.7 Å². The quantitative estimate of drug-likeness (QED) is 0.750. The molecule has 0 fully saturated rings. The largest absolute Gasteiger partial charge is 0.345 e. The van der Waals surface area contributed by atoms with Crippen LogP contribution in [0.3, 0.4) is 0 Å². The van der Waals surface area contributed by atoms with E-state index in [9.17, 15) is 13.0 Å². The molecule has 2 aromatic rings. The Hall–Kier alpha value is -0.760. The van der Waals surface area contributed by atoms with Crippen LogP contribution in [0, 0.1) is 0 Å². The topological polar surface area (TPSA) is 72.9 Å². The third kappa shape index (κ3) is 3.21. The van der Waals surface area contributed by atoms with Crippen LogP contribution in [0.25, 0.3) is 10.8 Å². The summed E-state index contributed by atoms with van der Waals surface area (Å²) in [6, 6.07) is 7.22. The standard InChI is InChI=1S/C12H16NO5PS2/c1-13(9-19(14,17-2)18-3)21(15,16)12-11-7-5-4-6-10(11)8-20-12/h4-8H,9H2,1-3H3. The minimum absolute atomic E-state index is 0.222. The molecular formula is C12H16NO5PS2. The molecule has 1 aromatic heterocycles. The van der Waals surface area contributed by atoms with Gasteiger partial charge >= 0.3 is 7.60 Å². The number of hydrogen-bond acceptors (Lipinski definition) is 6. The fourth-order valence-corrected chi connectivity index (χ4v) is 6.23. The molecule has 0 saturated heterocycles. The molecule has 0 aliphatic heterocycles. The van der Waals surface area contributed by atoms with Crippen LogP contribution in [0.5, 0.6) is 0 Å². The molecule has 0 amide bonds. The van der Waals surface area contributed by atoms with Crippen molar-refractivity contribution in [3.05, 3.63) is 29.6 Å². The first kappa shape index (κ1) is 16.6. The lowest BCUT2D eigenvalue weighted by Gasteiger charge is -2.21. The monoisotopic (exact) mass is 349 g/mol. The average molecular weight is 349 g/mol. The maximum Gasteiger partial charge on any atom is 0.345 e. The van der Waals surface area contributed by atoms with Crippen molar-refractivity contribution in [1.82, 2.24) is 4.31 Å². The molecule has 1 aromatic carbocycles. The van der Waals surface area contributed by atoms with Crippen LogP contribution in [0.2, 0.25) is 0 Å². The Labute approximate surface area is 127 Å². The number of thiophene rings is 1. The molecular weight excluding hydrogens is 333 g/mol. The lowest BCUT2D eigenvalue weighted by Crippen LogP contribution is -2.28. The molecule has 0 atom stereocenters. The minimum atomic E-state index is -3.76. The molecule has 0 spiro atoms. The lowest BCUT2D eigenvalue weighted by molar-refractivity contribution is 0.266. The number of benzene rings is 1. The molecule has 0 bridgehead atoms. The van der Waals surface area contributed by atoms with Gasteiger partial charge in [-0.15, -0.1) is 11.3 Å². The van der Waals surface area contributed by atoms with Gasteiger partial charge < -0.3 is 9.05 Å². The van der Waals surface area contributed by atoms with E-state index in [0.717, 1.165) is 21.0 Å². The summed E-state index contributed by atoms with van der Waals surface area (Å²) in [5.41, 5.74) is 0. The highest BCUT2D eigenvalue weighted by Gasteiger charge is 2.32. The van der Waals surface area contributed by atoms with E-state index in [1.165, 1.54) is 21.3 Å². The summed E-state index contributed by atoms with van der Waals surface area (Å²) in [6.45, 7) is 0. The van der Waals surface area contributed by atoms with Gasteiger partial charge in [-0.25, -0.2) is 8.42 Å². The zero-order valence-electron chi connectivity index (χ0n) is 11.8. The third-order valence-corrected chi connectivity index (χ3v) is 8.49. The summed E-state index contributed by atoms with van der Waals surface area (Å²) < 4.78 is 48.1. The molecule has 21 heavy (non-hydrogen) atoms. The summed E-state index contributed by atoms with van der Waals surface area (Å²) >= 11 is 1.14. The summed E-state index contributed by atoms with van der Waals surface area (Å²) in [5, 5.41) is 3.29. The van der Waals surface area contributed by atoms with Gasteiger partial charge in [-0.1, -0.05) is 24.3 Å². The first-order chi connectivity index (χ1) is 9.84. The van der Waals surface area contributed by atoms with Gasteiger partial charge in [0.15, 0.2) is 0 Å². The number of hydrogen-bond donors (Lipinski definition) is 0. The number of sulfonamides is 1. The van der Waals surface area contributed by atoms with Gasteiger partial charge in [-0.3, -0.25) is 4.57 Å². The van der Waals surface area contributed by atoms with Crippen LogP contribution in [-0.2, 0) is 23.6 Å². The molecule has 0 radical (unpaired) electrons. The smallest absolute Gasteiger partial charge is 0.311 e. The van der Waals surface area contributed by atoms with E-state index in [-0.39, 0.29) is 10.5 Å². The molecule has 0 aliphatic carbocycles. The van der Waals surface area contributed by atoms with Crippen molar-refractivity contribution in [1.29, 1.82) is 0 Å². The van der Waals surface area contributed by atoms with Crippen LogP contribution in [0.15, 0.2) is 33.9 Å². The van der Waals surface area contributed by atoms with Gasteiger partial charge in [0.05, 0.1) is 0 Å². The minimum Gasteiger partial charge on any atom is -0.311 e. The van der Waals surface area contributed by atoms with Gasteiger partial charge in [-0.05, 0) is 10.8 Å². The van der Waals surface area contributed by atoms with Crippen molar-refractivity contribution >= 4 is 39.7 Å². The Bertz CT molecular complexity index is 778. The Balaban J connectivity index is 2.40. The maximum absolute atomic E-state index is 12.6. The van der Waals surface area contributed by atoms with E-state index in [0.29, 0.717) is 5.39 Å². The summed E-state index contributed by atoms with van der Waals surface area (Å²) in [5.74, 6) is 0. The van der Waals surface area contributed by atoms with E-state index < -0.39 is 17.6 Å². The molecule has 0 aliphatic rings. The molecule has 0 saturated carbocycles. The van der Waals surface area contributed by atoms with Gasteiger partial charge in [-0.2, -0.15) is 4.31 Å². The van der Waals surface area contributed by atoms with E-state index in [1.54, 1.807) is 17.5 Å². The molecule has 2 rings (SSSR count). The normalized spacial score (nSPS) is 13.1. The lowest BCUT2D eigenvalue weighted by atomic mass is 10.2. The van der Waals surface area contributed by atoms with E-state index in [1.807, 2.05) is 12.1 Å². The van der Waals surface area contributed by atoms with Gasteiger partial charge in [0.2, 0.25) is 0 Å². The zero-order chi connectivity index (χ0) is 15.7. The second-order valence-corrected chi connectivity index (χ2v) is 9.69. The van der Waals surface area contributed by atoms with Crippen LogP contribution in [-0.4, -0.2) is 40.3 Å². The van der Waals surface area contributed by atoms with Crippen LogP contribution in [0.1, 0.15) is 0 Å². The Morgan fingerprint density at radius 3 is 2.48 bits per heavy atom. The zero-order valence-corrected chi connectivity index (χ0v) is 14.4. The molecule has 1 heterocycles. The van der Waals surface area contributed by atoms with Crippen molar-refractivity contribution in [2.75, 3.05) is 27.6 Å². The molecule has 0 unspecified atom stereocenters. The van der Waals surface area contributed by atoms with E-state index in [4.69, 9.17) is 9.05 Å². The summed E-state index contributed by atoms with van der Waals surface area (Å²) in [4.78, 5) is 0. The molecule has 9 heteroatoms. The van der Waals surface area contributed by atoms with E-state index in [2.05, 4.69) is 0 Å². The first-order valence-electron chi connectivity index (χ1n) is 5.97. The van der Waals surface area contributed by atoms with E-state index >= 15 is 0 Å². The maximum atomic E-state index is 12.6. The van der Waals surface area contributed by atoms with Crippen molar-refractivity contribution in [2.45, 2.75) is 4.21 Å². The highest BCUT2D eigenvalue weighted by atomic mass is 32.2. The van der Waals surface area contributed by atoms with Crippen LogP contribution >= 0.6 is 18.9 Å². The van der Waals surface area contributed by atoms with Crippen molar-refractivity contribution in [2.24, 2.45) is 0 Å². The number of nitrogens with zero attached hydrogens (tertiary/aromatic N) is 1. The Kier molecular flexibility index (Phi) is 4.87.